The van der Waals surface area contributed by atoms with Crippen LogP contribution >= 0.6 is 0 Å². The molecule has 2 fully saturated rings. The van der Waals surface area contributed by atoms with Crippen molar-refractivity contribution in [1.29, 1.82) is 0 Å². The van der Waals surface area contributed by atoms with Crippen LogP contribution in [0.4, 0.5) is 0 Å². The minimum Gasteiger partial charge on any atom is -0.463 e. The fraction of sp³-hybridized carbons (Fsp3) is 0.739. The molecule has 2 heterocycles. The van der Waals surface area contributed by atoms with Crippen LogP contribution in [0.3, 0.4) is 0 Å². The maximum absolute atomic E-state index is 12.0. The number of carbonyl (C=O) groups excluding carboxylic acids is 4. The molecule has 38 heavy (non-hydrogen) atoms. The highest BCUT2D eigenvalue weighted by Gasteiger charge is 2.55. The second-order valence-electron chi connectivity index (χ2n) is 8.49. The summed E-state index contributed by atoms with van der Waals surface area (Å²) in [5.41, 5.74) is 0. The standard InChI is InChI=1S/C23H34O15/c1-6-7-31-20-18(16(29)14(8-24)36-22(20)30)38-23-21(35-13(5)28)19(34-12(4)27)17(33-11(3)26)15(37-23)9-32-10(2)25/h6,14-24,29-30H,1,7-9H2,2-5H3/t14-,15+,16-,17-,18+,19+,20-,21-,22-,23-/m0/s1. The van der Waals surface area contributed by atoms with Crippen LogP contribution in [0.1, 0.15) is 27.7 Å². The molecular weight excluding hydrogens is 516 g/mol. The maximum Gasteiger partial charge on any atom is 0.303 e. The van der Waals surface area contributed by atoms with E-state index in [1.165, 1.54) is 6.08 Å². The molecule has 216 valence electrons. The fourth-order valence-electron chi connectivity index (χ4n) is 4.02. The summed E-state index contributed by atoms with van der Waals surface area (Å²) in [5, 5.41) is 30.9. The first-order valence-electron chi connectivity index (χ1n) is 11.7. The van der Waals surface area contributed by atoms with E-state index in [1.54, 1.807) is 0 Å². The molecule has 0 aromatic carbocycles. The molecule has 0 aliphatic carbocycles. The first-order chi connectivity index (χ1) is 17.9. The number of aliphatic hydroxyl groups excluding tert-OH is 3. The Labute approximate surface area is 218 Å². The third-order valence-electron chi connectivity index (χ3n) is 5.46. The van der Waals surface area contributed by atoms with Crippen molar-refractivity contribution in [2.45, 2.75) is 89.1 Å². The summed E-state index contributed by atoms with van der Waals surface area (Å²) in [4.78, 5) is 47.3. The molecule has 15 nitrogen and oxygen atoms in total. The van der Waals surface area contributed by atoms with E-state index < -0.39 is 98.5 Å². The molecule has 0 amide bonds. The van der Waals surface area contributed by atoms with Gasteiger partial charge in [-0.1, -0.05) is 6.08 Å². The van der Waals surface area contributed by atoms with Crippen molar-refractivity contribution in [1.82, 2.24) is 0 Å². The summed E-state index contributed by atoms with van der Waals surface area (Å²) >= 11 is 0. The molecule has 15 heteroatoms. The highest BCUT2D eigenvalue weighted by Crippen LogP contribution is 2.33. The van der Waals surface area contributed by atoms with Gasteiger partial charge in [-0.2, -0.15) is 0 Å². The highest BCUT2D eigenvalue weighted by atomic mass is 16.8. The summed E-state index contributed by atoms with van der Waals surface area (Å²) < 4.78 is 43.5. The first-order valence-corrected chi connectivity index (χ1v) is 11.7. The third kappa shape index (κ3) is 8.42. The van der Waals surface area contributed by atoms with Crippen LogP contribution in [0.5, 0.6) is 0 Å². The van der Waals surface area contributed by atoms with E-state index in [1.807, 2.05) is 0 Å². The van der Waals surface area contributed by atoms with Gasteiger partial charge in [0.15, 0.2) is 30.9 Å². The van der Waals surface area contributed by atoms with Gasteiger partial charge in [0.25, 0.3) is 0 Å². The average Bonchev–Trinajstić information content (AvgIpc) is 2.82. The lowest BCUT2D eigenvalue weighted by molar-refractivity contribution is -0.360. The third-order valence-corrected chi connectivity index (χ3v) is 5.46. The molecule has 0 unspecified atom stereocenters. The molecule has 0 aromatic rings. The Kier molecular flexibility index (Phi) is 12.0. The van der Waals surface area contributed by atoms with Crippen molar-refractivity contribution in [3.63, 3.8) is 0 Å². The Morgan fingerprint density at radius 1 is 0.789 bits per heavy atom. The number of esters is 4. The van der Waals surface area contributed by atoms with Crippen LogP contribution in [-0.4, -0.2) is 120 Å². The zero-order valence-corrected chi connectivity index (χ0v) is 21.4. The zero-order valence-electron chi connectivity index (χ0n) is 21.4. The van der Waals surface area contributed by atoms with Crippen LogP contribution in [0.2, 0.25) is 0 Å². The van der Waals surface area contributed by atoms with E-state index in [0.717, 1.165) is 27.7 Å². The Hall–Kier alpha value is -2.66. The molecule has 0 saturated carbocycles. The highest BCUT2D eigenvalue weighted by molar-refractivity contribution is 5.68. The van der Waals surface area contributed by atoms with Crippen molar-refractivity contribution in [2.24, 2.45) is 0 Å². The van der Waals surface area contributed by atoms with Crippen LogP contribution in [0.25, 0.3) is 0 Å². The number of aliphatic hydroxyl groups is 3. The van der Waals surface area contributed by atoms with Gasteiger partial charge in [0.2, 0.25) is 0 Å². The molecule has 0 bridgehead atoms. The van der Waals surface area contributed by atoms with Gasteiger partial charge >= 0.3 is 23.9 Å². The predicted molar refractivity (Wildman–Crippen MR) is 121 cm³/mol. The number of carbonyl (C=O) groups is 4. The Morgan fingerprint density at radius 3 is 1.89 bits per heavy atom. The number of rotatable bonds is 11. The molecule has 2 aliphatic heterocycles. The van der Waals surface area contributed by atoms with Gasteiger partial charge in [-0.3, -0.25) is 19.2 Å². The maximum atomic E-state index is 12.0. The minimum absolute atomic E-state index is 0.0972. The van der Waals surface area contributed by atoms with Crippen LogP contribution in [-0.2, 0) is 57.1 Å². The molecule has 0 spiro atoms. The number of hydrogen-bond acceptors (Lipinski definition) is 15. The van der Waals surface area contributed by atoms with Crippen LogP contribution < -0.4 is 0 Å². The second kappa shape index (κ2) is 14.5. The lowest BCUT2D eigenvalue weighted by Crippen LogP contribution is -2.66. The van der Waals surface area contributed by atoms with Gasteiger partial charge in [0, 0.05) is 27.7 Å². The molecule has 0 radical (unpaired) electrons. The molecule has 3 N–H and O–H groups in total. The van der Waals surface area contributed by atoms with Gasteiger partial charge in [-0.15, -0.1) is 6.58 Å². The lowest BCUT2D eigenvalue weighted by atomic mass is 9.96. The van der Waals surface area contributed by atoms with E-state index in [9.17, 15) is 34.5 Å². The van der Waals surface area contributed by atoms with Gasteiger partial charge < -0.3 is 53.2 Å². The predicted octanol–water partition coefficient (Wildman–Crippen LogP) is -1.90. The first kappa shape index (κ1) is 31.6. The summed E-state index contributed by atoms with van der Waals surface area (Å²) in [5.74, 6) is -3.21. The quantitative estimate of drug-likeness (QED) is 0.146. The van der Waals surface area contributed by atoms with Gasteiger partial charge in [-0.25, -0.2) is 0 Å². The average molecular weight is 551 g/mol. The normalized spacial score (nSPS) is 35.0. The summed E-state index contributed by atoms with van der Waals surface area (Å²) in [6.07, 6.45) is -13.5. The second-order valence-corrected chi connectivity index (χ2v) is 8.49. The summed E-state index contributed by atoms with van der Waals surface area (Å²) in [6, 6.07) is 0. The van der Waals surface area contributed by atoms with Gasteiger partial charge in [0.1, 0.15) is 37.1 Å². The molecular formula is C23H34O15. The molecule has 2 rings (SSSR count). The molecule has 0 aromatic heterocycles. The van der Waals surface area contributed by atoms with Crippen molar-refractivity contribution >= 4 is 23.9 Å². The van der Waals surface area contributed by atoms with Crippen LogP contribution in [0, 0.1) is 0 Å². The Balaban J connectivity index is 2.52. The number of ether oxygens (including phenoxy) is 8. The molecule has 2 saturated heterocycles. The largest absolute Gasteiger partial charge is 0.463 e. The monoisotopic (exact) mass is 550 g/mol. The van der Waals surface area contributed by atoms with E-state index in [0.29, 0.717) is 0 Å². The number of hydrogen-bond donors (Lipinski definition) is 3. The smallest absolute Gasteiger partial charge is 0.303 e. The van der Waals surface area contributed by atoms with E-state index in [-0.39, 0.29) is 6.61 Å². The van der Waals surface area contributed by atoms with E-state index in [2.05, 4.69) is 6.58 Å². The lowest BCUT2D eigenvalue weighted by Gasteiger charge is -2.47. The molecule has 10 atom stereocenters. The van der Waals surface area contributed by atoms with Crippen molar-refractivity contribution in [2.75, 3.05) is 19.8 Å². The van der Waals surface area contributed by atoms with E-state index >= 15 is 0 Å². The van der Waals surface area contributed by atoms with Crippen molar-refractivity contribution in [3.8, 4) is 0 Å². The minimum atomic E-state index is -1.67. The van der Waals surface area contributed by atoms with Gasteiger partial charge in [-0.05, 0) is 0 Å². The van der Waals surface area contributed by atoms with Crippen molar-refractivity contribution in [3.05, 3.63) is 12.7 Å². The van der Waals surface area contributed by atoms with Gasteiger partial charge in [0.05, 0.1) is 13.2 Å². The Morgan fingerprint density at radius 2 is 1.37 bits per heavy atom. The molecule has 2 aliphatic rings. The summed E-state index contributed by atoms with van der Waals surface area (Å²) in [7, 11) is 0. The zero-order chi connectivity index (χ0) is 28.6. The summed E-state index contributed by atoms with van der Waals surface area (Å²) in [6.45, 7) is 6.54. The Bertz CT molecular complexity index is 847. The topological polar surface area (TPSA) is 203 Å². The SMILES string of the molecule is C=CCO[C@H]1[C@H](O[C@@H]2O[C@H](COC(C)=O)[C@H](OC(C)=O)[C@@H](OC(C)=O)[C@@H]2OC(C)=O)[C@@H](O)[C@H](CO)O[C@@H]1O. The van der Waals surface area contributed by atoms with Crippen LogP contribution in [0.15, 0.2) is 12.7 Å². The fourth-order valence-corrected chi connectivity index (χ4v) is 4.02. The van der Waals surface area contributed by atoms with E-state index in [4.69, 9.17) is 37.9 Å². The van der Waals surface area contributed by atoms with Crippen molar-refractivity contribution < 1.29 is 72.4 Å².